The number of hydrogen-bond donors (Lipinski definition) is 2. The maximum Gasteiger partial charge on any atom is 0.255 e. The van der Waals surface area contributed by atoms with Crippen LogP contribution in [0.15, 0.2) is 53.4 Å². The predicted octanol–water partition coefficient (Wildman–Crippen LogP) is 3.08. The van der Waals surface area contributed by atoms with E-state index in [4.69, 9.17) is 5.73 Å². The normalized spacial score (nSPS) is 18.4. The number of nitrogen functional groups attached to an aromatic ring is 1. The molecular formula is C19H23N3O3S. The second-order valence-corrected chi connectivity index (χ2v) is 8.42. The molecule has 0 aromatic heterocycles. The summed E-state index contributed by atoms with van der Waals surface area (Å²) in [4.78, 5) is 12.6. The first-order chi connectivity index (χ1) is 12.4. The lowest BCUT2D eigenvalue weighted by atomic mass is 10.1. The van der Waals surface area contributed by atoms with Gasteiger partial charge in [0.05, 0.1) is 16.3 Å². The molecule has 138 valence electrons. The molecule has 3 N–H and O–H groups in total. The highest BCUT2D eigenvalue weighted by molar-refractivity contribution is 7.89. The standard InChI is InChI=1S/C19H23N3O3S/c1-14-6-4-5-13-22(14)26(24,25)16-11-9-15(10-12-16)19(23)21-18-8-3-2-7-17(18)20/h2-3,7-12,14H,4-6,13,20H2,1H3,(H,21,23). The number of nitrogens with one attached hydrogen (secondary N) is 1. The zero-order chi connectivity index (χ0) is 18.7. The van der Waals surface area contributed by atoms with Gasteiger partial charge < -0.3 is 11.1 Å². The van der Waals surface area contributed by atoms with E-state index in [0.29, 0.717) is 23.5 Å². The van der Waals surface area contributed by atoms with Crippen LogP contribution in [0.1, 0.15) is 36.5 Å². The van der Waals surface area contributed by atoms with Crippen molar-refractivity contribution in [2.24, 2.45) is 0 Å². The van der Waals surface area contributed by atoms with Gasteiger partial charge in [0.25, 0.3) is 5.91 Å². The number of benzene rings is 2. The van der Waals surface area contributed by atoms with Crippen LogP contribution < -0.4 is 11.1 Å². The lowest BCUT2D eigenvalue weighted by Crippen LogP contribution is -2.41. The molecule has 0 radical (unpaired) electrons. The van der Waals surface area contributed by atoms with Crippen molar-refractivity contribution in [3.05, 3.63) is 54.1 Å². The van der Waals surface area contributed by atoms with Crippen molar-refractivity contribution >= 4 is 27.3 Å². The zero-order valence-electron chi connectivity index (χ0n) is 14.7. The molecule has 1 fully saturated rings. The van der Waals surface area contributed by atoms with Gasteiger partial charge in [-0.2, -0.15) is 4.31 Å². The van der Waals surface area contributed by atoms with E-state index < -0.39 is 10.0 Å². The molecular weight excluding hydrogens is 350 g/mol. The number of sulfonamides is 1. The van der Waals surface area contributed by atoms with Gasteiger partial charge in [-0.1, -0.05) is 18.6 Å². The summed E-state index contributed by atoms with van der Waals surface area (Å²) in [6.07, 6.45) is 2.80. The second-order valence-electron chi connectivity index (χ2n) is 6.53. The molecule has 0 saturated carbocycles. The van der Waals surface area contributed by atoms with Crippen LogP contribution in [0.5, 0.6) is 0 Å². The molecule has 2 aromatic rings. The number of anilines is 2. The number of hydrogen-bond acceptors (Lipinski definition) is 4. The van der Waals surface area contributed by atoms with Crippen LogP contribution in [0.25, 0.3) is 0 Å². The number of para-hydroxylation sites is 2. The highest BCUT2D eigenvalue weighted by atomic mass is 32.2. The Bertz CT molecular complexity index is 895. The number of amides is 1. The van der Waals surface area contributed by atoms with Crippen molar-refractivity contribution in [2.45, 2.75) is 37.1 Å². The van der Waals surface area contributed by atoms with Crippen LogP contribution in [0.2, 0.25) is 0 Å². The highest BCUT2D eigenvalue weighted by Gasteiger charge is 2.30. The van der Waals surface area contributed by atoms with E-state index >= 15 is 0 Å². The molecule has 7 heteroatoms. The van der Waals surface area contributed by atoms with Gasteiger partial charge in [0.15, 0.2) is 0 Å². The second kappa shape index (κ2) is 7.47. The Hall–Kier alpha value is -2.38. The van der Waals surface area contributed by atoms with Crippen molar-refractivity contribution in [3.63, 3.8) is 0 Å². The average molecular weight is 373 g/mol. The summed E-state index contributed by atoms with van der Waals surface area (Å²) in [5.41, 5.74) is 7.19. The van der Waals surface area contributed by atoms with Crippen molar-refractivity contribution < 1.29 is 13.2 Å². The molecule has 1 heterocycles. The molecule has 6 nitrogen and oxygen atoms in total. The van der Waals surface area contributed by atoms with Gasteiger partial charge in [0.1, 0.15) is 0 Å². The fourth-order valence-electron chi connectivity index (χ4n) is 3.15. The van der Waals surface area contributed by atoms with Crippen LogP contribution in [0.3, 0.4) is 0 Å². The van der Waals surface area contributed by atoms with Gasteiger partial charge in [-0.15, -0.1) is 0 Å². The van der Waals surface area contributed by atoms with Crippen LogP contribution in [-0.2, 0) is 10.0 Å². The Kier molecular flexibility index (Phi) is 5.29. The fraction of sp³-hybridized carbons (Fsp3) is 0.316. The van der Waals surface area contributed by atoms with E-state index in [1.165, 1.54) is 24.3 Å². The van der Waals surface area contributed by atoms with Gasteiger partial charge in [-0.05, 0) is 56.2 Å². The van der Waals surface area contributed by atoms with E-state index in [-0.39, 0.29) is 16.8 Å². The van der Waals surface area contributed by atoms with Gasteiger partial charge in [-0.3, -0.25) is 4.79 Å². The number of piperidine rings is 1. The van der Waals surface area contributed by atoms with E-state index in [1.54, 1.807) is 28.6 Å². The molecule has 1 unspecified atom stereocenters. The maximum atomic E-state index is 12.8. The monoisotopic (exact) mass is 373 g/mol. The Morgan fingerprint density at radius 1 is 1.12 bits per heavy atom. The van der Waals surface area contributed by atoms with Crippen LogP contribution in [0, 0.1) is 0 Å². The molecule has 1 atom stereocenters. The third kappa shape index (κ3) is 3.73. The quantitative estimate of drug-likeness (QED) is 0.806. The third-order valence-electron chi connectivity index (χ3n) is 4.67. The Labute approximate surface area is 154 Å². The molecule has 26 heavy (non-hydrogen) atoms. The van der Waals surface area contributed by atoms with Gasteiger partial charge >= 0.3 is 0 Å². The van der Waals surface area contributed by atoms with E-state index in [1.807, 2.05) is 6.92 Å². The minimum atomic E-state index is -3.54. The summed E-state index contributed by atoms with van der Waals surface area (Å²) in [7, 11) is -3.54. The first-order valence-corrected chi connectivity index (χ1v) is 10.1. The molecule has 2 aromatic carbocycles. The lowest BCUT2D eigenvalue weighted by molar-refractivity contribution is 0.102. The van der Waals surface area contributed by atoms with Gasteiger partial charge in [0.2, 0.25) is 10.0 Å². The highest BCUT2D eigenvalue weighted by Crippen LogP contribution is 2.25. The molecule has 3 rings (SSSR count). The molecule has 0 aliphatic carbocycles. The summed E-state index contributed by atoms with van der Waals surface area (Å²) < 4.78 is 27.2. The minimum Gasteiger partial charge on any atom is -0.397 e. The Balaban J connectivity index is 1.77. The smallest absolute Gasteiger partial charge is 0.255 e. The largest absolute Gasteiger partial charge is 0.397 e. The van der Waals surface area contributed by atoms with Crippen molar-refractivity contribution in [1.29, 1.82) is 0 Å². The van der Waals surface area contributed by atoms with Crippen molar-refractivity contribution in [2.75, 3.05) is 17.6 Å². The fourth-order valence-corrected chi connectivity index (χ4v) is 4.85. The molecule has 1 saturated heterocycles. The molecule has 1 amide bonds. The molecule has 1 aliphatic rings. The molecule has 0 spiro atoms. The van der Waals surface area contributed by atoms with E-state index in [0.717, 1.165) is 19.3 Å². The number of rotatable bonds is 4. The zero-order valence-corrected chi connectivity index (χ0v) is 15.5. The summed E-state index contributed by atoms with van der Waals surface area (Å²) in [6, 6.07) is 13.0. The first-order valence-electron chi connectivity index (χ1n) is 8.67. The third-order valence-corrected chi connectivity index (χ3v) is 6.70. The van der Waals surface area contributed by atoms with Gasteiger partial charge in [-0.25, -0.2) is 8.42 Å². The van der Waals surface area contributed by atoms with E-state index in [2.05, 4.69) is 5.32 Å². The average Bonchev–Trinajstić information content (AvgIpc) is 2.64. The Morgan fingerprint density at radius 3 is 2.46 bits per heavy atom. The number of carbonyl (C=O) groups is 1. The van der Waals surface area contributed by atoms with Crippen LogP contribution in [0.4, 0.5) is 11.4 Å². The summed E-state index contributed by atoms with van der Waals surface area (Å²) in [6.45, 7) is 2.47. The Morgan fingerprint density at radius 2 is 1.81 bits per heavy atom. The summed E-state index contributed by atoms with van der Waals surface area (Å²) in [5, 5.41) is 2.73. The number of carbonyl (C=O) groups excluding carboxylic acids is 1. The minimum absolute atomic E-state index is 0.00205. The van der Waals surface area contributed by atoms with Crippen molar-refractivity contribution in [3.8, 4) is 0 Å². The van der Waals surface area contributed by atoms with E-state index in [9.17, 15) is 13.2 Å². The van der Waals surface area contributed by atoms with Gasteiger partial charge in [0, 0.05) is 18.2 Å². The summed E-state index contributed by atoms with van der Waals surface area (Å²) in [5.74, 6) is -0.335. The number of nitrogens with two attached hydrogens (primary N) is 1. The van der Waals surface area contributed by atoms with Crippen LogP contribution in [-0.4, -0.2) is 31.2 Å². The molecule has 0 bridgehead atoms. The van der Waals surface area contributed by atoms with Crippen LogP contribution >= 0.6 is 0 Å². The predicted molar refractivity (Wildman–Crippen MR) is 102 cm³/mol. The molecule has 1 aliphatic heterocycles. The topological polar surface area (TPSA) is 92.5 Å². The lowest BCUT2D eigenvalue weighted by Gasteiger charge is -2.32. The SMILES string of the molecule is CC1CCCCN1S(=O)(=O)c1ccc(C(=O)Nc2ccccc2N)cc1. The van der Waals surface area contributed by atoms with Crippen molar-refractivity contribution in [1.82, 2.24) is 4.31 Å². The first kappa shape index (κ1) is 18.4. The number of nitrogens with zero attached hydrogens (tertiary/aromatic N) is 1. The summed E-state index contributed by atoms with van der Waals surface area (Å²) >= 11 is 0. The maximum absolute atomic E-state index is 12.8.